The van der Waals surface area contributed by atoms with E-state index < -0.39 is 34.7 Å². The van der Waals surface area contributed by atoms with E-state index in [2.05, 4.69) is 43.9 Å². The minimum Gasteiger partial charge on any atom is -0.449 e. The quantitative estimate of drug-likeness (QED) is 0.182. The largest absolute Gasteiger partial charge is 0.490 e. The summed E-state index contributed by atoms with van der Waals surface area (Å²) in [5.41, 5.74) is 0.929. The SMILES string of the molecule is Cc1nc(NC(=O)COC(=O)C(F)(F)F)sc1-c1cnc(Cl)c(NS(=O)(=O)CCCNCCC(C)C)c1. The molecule has 0 aromatic carbocycles. The molecule has 2 rings (SSSR count). The number of rotatable bonds is 13. The number of amides is 1. The number of thiazole rings is 1. The lowest BCUT2D eigenvalue weighted by Gasteiger charge is -2.11. The van der Waals surface area contributed by atoms with Crippen molar-refractivity contribution in [3.63, 3.8) is 0 Å². The number of esters is 1. The molecule has 16 heteroatoms. The van der Waals surface area contributed by atoms with Gasteiger partial charge < -0.3 is 10.1 Å². The molecular formula is C21H27ClF3N5O5S2. The van der Waals surface area contributed by atoms with E-state index >= 15 is 0 Å². The average Bonchev–Trinajstić information content (AvgIpc) is 3.14. The van der Waals surface area contributed by atoms with Gasteiger partial charge in [0.15, 0.2) is 16.9 Å². The summed E-state index contributed by atoms with van der Waals surface area (Å²) >= 11 is 7.05. The first-order chi connectivity index (χ1) is 17.2. The average molecular weight is 586 g/mol. The van der Waals surface area contributed by atoms with Gasteiger partial charge >= 0.3 is 12.1 Å². The van der Waals surface area contributed by atoms with Crippen molar-refractivity contribution in [2.45, 2.75) is 39.8 Å². The standard InChI is InChI=1S/C21H27ClF3N5O5S2/c1-12(2)5-7-26-6-4-8-37(33,34)30-15-9-14(10-27-18(15)22)17-13(3)28-20(36-17)29-16(31)11-35-19(32)21(23,24)25/h9-10,12,26,30H,4-8,11H2,1-3H3,(H,28,29,31). The Hall–Kier alpha value is -2.49. The summed E-state index contributed by atoms with van der Waals surface area (Å²) in [6, 6.07) is 1.46. The highest BCUT2D eigenvalue weighted by Gasteiger charge is 2.41. The lowest BCUT2D eigenvalue weighted by atomic mass is 10.1. The van der Waals surface area contributed by atoms with Crippen LogP contribution in [0.3, 0.4) is 0 Å². The van der Waals surface area contributed by atoms with E-state index in [0.717, 1.165) is 24.3 Å². The number of aromatic nitrogens is 2. The lowest BCUT2D eigenvalue weighted by molar-refractivity contribution is -0.199. The fourth-order valence-corrected chi connectivity index (χ4v) is 5.14. The highest BCUT2D eigenvalue weighted by Crippen LogP contribution is 2.35. The number of hydrogen-bond donors (Lipinski definition) is 3. The van der Waals surface area contributed by atoms with Gasteiger partial charge in [-0.25, -0.2) is 23.2 Å². The van der Waals surface area contributed by atoms with E-state index in [9.17, 15) is 31.2 Å². The molecule has 0 radical (unpaired) electrons. The molecule has 0 atom stereocenters. The van der Waals surface area contributed by atoms with Crippen molar-refractivity contribution < 1.29 is 35.9 Å². The van der Waals surface area contributed by atoms with E-state index in [0.29, 0.717) is 35.0 Å². The molecule has 0 spiro atoms. The Kier molecular flexibility index (Phi) is 11.1. The summed E-state index contributed by atoms with van der Waals surface area (Å²) in [6.07, 6.45) is -2.44. The van der Waals surface area contributed by atoms with Gasteiger partial charge in [0.25, 0.3) is 5.91 Å². The van der Waals surface area contributed by atoms with Crippen molar-refractivity contribution in [1.29, 1.82) is 0 Å². The van der Waals surface area contributed by atoms with Crippen LogP contribution < -0.4 is 15.4 Å². The van der Waals surface area contributed by atoms with Crippen molar-refractivity contribution >= 4 is 55.7 Å². The molecule has 1 amide bonds. The van der Waals surface area contributed by atoms with Crippen molar-refractivity contribution in [3.8, 4) is 10.4 Å². The van der Waals surface area contributed by atoms with Crippen LogP contribution in [0.25, 0.3) is 10.4 Å². The molecule has 3 N–H and O–H groups in total. The van der Waals surface area contributed by atoms with Crippen molar-refractivity contribution in [2.24, 2.45) is 5.92 Å². The molecule has 0 saturated heterocycles. The second-order valence-corrected chi connectivity index (χ2v) is 11.5. The topological polar surface area (TPSA) is 139 Å². The normalized spacial score (nSPS) is 12.0. The molecule has 0 unspecified atom stereocenters. The predicted molar refractivity (Wildman–Crippen MR) is 135 cm³/mol. The molecule has 0 saturated carbocycles. The maximum absolute atomic E-state index is 12.5. The van der Waals surface area contributed by atoms with Crippen LogP contribution >= 0.6 is 22.9 Å². The third-order valence-electron chi connectivity index (χ3n) is 4.64. The van der Waals surface area contributed by atoms with Crippen LogP contribution in [0.5, 0.6) is 0 Å². The van der Waals surface area contributed by atoms with Crippen LogP contribution in [0.1, 0.15) is 32.4 Å². The number of pyridine rings is 1. The number of carbonyl (C=O) groups excluding carboxylic acids is 2. The van der Waals surface area contributed by atoms with Gasteiger partial charge in [-0.3, -0.25) is 14.8 Å². The molecule has 206 valence electrons. The zero-order valence-corrected chi connectivity index (χ0v) is 22.6. The fourth-order valence-electron chi connectivity index (χ4n) is 2.85. The van der Waals surface area contributed by atoms with Gasteiger partial charge in [0.05, 0.1) is 22.0 Å². The summed E-state index contributed by atoms with van der Waals surface area (Å²) in [5.74, 6) is -3.07. The van der Waals surface area contributed by atoms with E-state index in [1.54, 1.807) is 6.92 Å². The van der Waals surface area contributed by atoms with Crippen LogP contribution in [0.15, 0.2) is 12.3 Å². The second kappa shape index (κ2) is 13.3. The minimum absolute atomic E-state index is 0.0302. The second-order valence-electron chi connectivity index (χ2n) is 8.32. The molecule has 2 heterocycles. The monoisotopic (exact) mass is 585 g/mol. The number of ether oxygens (including phenoxy) is 1. The molecule has 0 aliphatic heterocycles. The molecule has 10 nitrogen and oxygen atoms in total. The fraction of sp³-hybridized carbons (Fsp3) is 0.524. The zero-order valence-electron chi connectivity index (χ0n) is 20.2. The highest BCUT2D eigenvalue weighted by atomic mass is 35.5. The number of halogens is 4. The predicted octanol–water partition coefficient (Wildman–Crippen LogP) is 3.98. The molecule has 2 aromatic rings. The van der Waals surface area contributed by atoms with Gasteiger partial charge in [0.1, 0.15) is 0 Å². The van der Waals surface area contributed by atoms with Crippen molar-refractivity contribution in [3.05, 3.63) is 23.1 Å². The molecule has 0 fully saturated rings. The minimum atomic E-state index is -5.21. The number of nitrogens with zero attached hydrogens (tertiary/aromatic N) is 2. The van der Waals surface area contributed by atoms with Crippen molar-refractivity contribution in [1.82, 2.24) is 15.3 Å². The highest BCUT2D eigenvalue weighted by molar-refractivity contribution is 7.92. The maximum atomic E-state index is 12.5. The first kappa shape index (κ1) is 30.7. The summed E-state index contributed by atoms with van der Waals surface area (Å²) < 4.78 is 67.9. The van der Waals surface area contributed by atoms with Crippen LogP contribution in [0, 0.1) is 12.8 Å². The van der Waals surface area contributed by atoms with E-state index in [1.807, 2.05) is 0 Å². The third kappa shape index (κ3) is 10.4. The van der Waals surface area contributed by atoms with Crippen LogP contribution in [0.2, 0.25) is 5.15 Å². The smallest absolute Gasteiger partial charge is 0.449 e. The Labute approximate surface area is 221 Å². The first-order valence-electron chi connectivity index (χ1n) is 11.1. The Morgan fingerprint density at radius 3 is 2.59 bits per heavy atom. The third-order valence-corrected chi connectivity index (χ3v) is 7.42. The molecular weight excluding hydrogens is 559 g/mol. The van der Waals surface area contributed by atoms with Crippen LogP contribution in [-0.2, 0) is 24.3 Å². The number of hydrogen-bond acceptors (Lipinski definition) is 9. The van der Waals surface area contributed by atoms with Crippen LogP contribution in [-0.4, -0.2) is 61.9 Å². The molecule has 2 aromatic heterocycles. The summed E-state index contributed by atoms with van der Waals surface area (Å²) in [5, 5.41) is 5.41. The van der Waals surface area contributed by atoms with Gasteiger partial charge in [-0.05, 0) is 44.8 Å². The lowest BCUT2D eigenvalue weighted by Crippen LogP contribution is -2.29. The van der Waals surface area contributed by atoms with Gasteiger partial charge in [0.2, 0.25) is 10.0 Å². The number of anilines is 2. The Bertz CT molecular complexity index is 1210. The molecule has 0 aliphatic rings. The van der Waals surface area contributed by atoms with Gasteiger partial charge in [-0.15, -0.1) is 0 Å². The number of alkyl halides is 3. The number of sulfonamides is 1. The number of nitrogens with one attached hydrogen (secondary N) is 3. The number of carbonyl (C=O) groups is 2. The maximum Gasteiger partial charge on any atom is 0.490 e. The Morgan fingerprint density at radius 1 is 1.24 bits per heavy atom. The summed E-state index contributed by atoms with van der Waals surface area (Å²) in [6.45, 7) is 6.02. The first-order valence-corrected chi connectivity index (χ1v) is 13.9. The summed E-state index contributed by atoms with van der Waals surface area (Å²) in [4.78, 5) is 31.2. The summed E-state index contributed by atoms with van der Waals surface area (Å²) in [7, 11) is -3.71. The molecule has 37 heavy (non-hydrogen) atoms. The van der Waals surface area contributed by atoms with E-state index in [-0.39, 0.29) is 21.7 Å². The van der Waals surface area contributed by atoms with Gasteiger partial charge in [-0.2, -0.15) is 13.2 Å². The zero-order chi connectivity index (χ0) is 27.8. The Balaban J connectivity index is 2.02. The molecule has 0 aliphatic carbocycles. The van der Waals surface area contributed by atoms with E-state index in [4.69, 9.17) is 11.6 Å². The van der Waals surface area contributed by atoms with Crippen molar-refractivity contribution in [2.75, 3.05) is 35.5 Å². The Morgan fingerprint density at radius 2 is 1.95 bits per heavy atom. The van der Waals surface area contributed by atoms with E-state index in [1.165, 1.54) is 12.3 Å². The number of aryl methyl sites for hydroxylation is 1. The molecule has 0 bridgehead atoms. The van der Waals surface area contributed by atoms with Crippen LogP contribution in [0.4, 0.5) is 24.0 Å². The van der Waals surface area contributed by atoms with Gasteiger partial charge in [0, 0.05) is 11.8 Å². The van der Waals surface area contributed by atoms with Gasteiger partial charge in [-0.1, -0.05) is 36.8 Å².